The van der Waals surface area contributed by atoms with E-state index in [0.717, 1.165) is 11.3 Å². The van der Waals surface area contributed by atoms with Crippen LogP contribution >= 0.6 is 0 Å². The molecule has 0 spiro atoms. The number of methoxy groups -OCH3 is 1. The van der Waals surface area contributed by atoms with Crippen molar-refractivity contribution in [1.29, 1.82) is 0 Å². The summed E-state index contributed by atoms with van der Waals surface area (Å²) in [4.78, 5) is 19.9. The maximum atomic E-state index is 11.6. The molecule has 0 unspecified atom stereocenters. The van der Waals surface area contributed by atoms with Gasteiger partial charge in [0, 0.05) is 11.5 Å². The highest BCUT2D eigenvalue weighted by Crippen LogP contribution is 2.33. The predicted octanol–water partition coefficient (Wildman–Crippen LogP) is 2.62. The third-order valence-electron chi connectivity index (χ3n) is 3.49. The van der Waals surface area contributed by atoms with Gasteiger partial charge in [-0.15, -0.1) is 0 Å². The van der Waals surface area contributed by atoms with Crippen LogP contribution < -0.4 is 0 Å². The lowest BCUT2D eigenvalue weighted by molar-refractivity contribution is 0.0592. The summed E-state index contributed by atoms with van der Waals surface area (Å²) in [5.41, 5.74) is 2.31. The fraction of sp³-hybridized carbons (Fsp3) is 0.615. The number of nitrogens with zero attached hydrogens (tertiary/aromatic N) is 2. The molecule has 1 fully saturated rings. The molecule has 2 rings (SSSR count). The molecule has 0 aliphatic heterocycles. The van der Waals surface area contributed by atoms with E-state index in [2.05, 4.69) is 9.97 Å². The lowest BCUT2D eigenvalue weighted by atomic mass is 9.85. The summed E-state index contributed by atoms with van der Waals surface area (Å²) in [6.07, 6.45) is 7.62. The van der Waals surface area contributed by atoms with Crippen LogP contribution in [0.2, 0.25) is 0 Å². The highest BCUT2D eigenvalue weighted by molar-refractivity contribution is 5.88. The van der Waals surface area contributed by atoms with Gasteiger partial charge in [0.1, 0.15) is 6.33 Å². The van der Waals surface area contributed by atoms with E-state index in [-0.39, 0.29) is 5.97 Å². The molecule has 1 aliphatic rings. The number of hydrogen-bond donors (Lipinski definition) is 0. The number of esters is 1. The van der Waals surface area contributed by atoms with Crippen molar-refractivity contribution in [3.63, 3.8) is 0 Å². The molecule has 4 heteroatoms. The highest BCUT2D eigenvalue weighted by atomic mass is 16.5. The first-order valence-corrected chi connectivity index (χ1v) is 6.14. The normalized spacial score (nSPS) is 16.8. The van der Waals surface area contributed by atoms with Gasteiger partial charge in [0.2, 0.25) is 0 Å². The SMILES string of the molecule is COC(=O)c1ncnc(C2CCCCC2)c1C. The van der Waals surface area contributed by atoms with E-state index in [1.165, 1.54) is 45.5 Å². The molecule has 4 nitrogen and oxygen atoms in total. The van der Waals surface area contributed by atoms with Gasteiger partial charge >= 0.3 is 5.97 Å². The maximum absolute atomic E-state index is 11.6. The molecule has 92 valence electrons. The van der Waals surface area contributed by atoms with Crippen LogP contribution in [0.25, 0.3) is 0 Å². The molecule has 1 saturated carbocycles. The largest absolute Gasteiger partial charge is 0.464 e. The lowest BCUT2D eigenvalue weighted by Crippen LogP contribution is -2.14. The number of rotatable bonds is 2. The van der Waals surface area contributed by atoms with Crippen LogP contribution in [0.15, 0.2) is 6.33 Å². The minimum Gasteiger partial charge on any atom is -0.464 e. The van der Waals surface area contributed by atoms with Crippen molar-refractivity contribution < 1.29 is 9.53 Å². The van der Waals surface area contributed by atoms with Crippen molar-refractivity contribution in [2.24, 2.45) is 0 Å². The Balaban J connectivity index is 2.31. The maximum Gasteiger partial charge on any atom is 0.357 e. The van der Waals surface area contributed by atoms with Crippen LogP contribution in [0.5, 0.6) is 0 Å². The van der Waals surface area contributed by atoms with Crippen LogP contribution in [0.3, 0.4) is 0 Å². The number of carbonyl (C=O) groups is 1. The summed E-state index contributed by atoms with van der Waals surface area (Å²) in [6.45, 7) is 1.91. The average Bonchev–Trinajstić information content (AvgIpc) is 2.39. The zero-order valence-corrected chi connectivity index (χ0v) is 10.4. The first kappa shape index (κ1) is 12.0. The number of ether oxygens (including phenoxy) is 1. The zero-order chi connectivity index (χ0) is 12.3. The van der Waals surface area contributed by atoms with Crippen LogP contribution in [0.1, 0.15) is 59.8 Å². The van der Waals surface area contributed by atoms with Gasteiger partial charge in [0.25, 0.3) is 0 Å². The molecular weight excluding hydrogens is 216 g/mol. The Hall–Kier alpha value is -1.45. The molecule has 1 aromatic heterocycles. The standard InChI is InChI=1S/C13H18N2O2/c1-9-11(10-6-4-3-5-7-10)14-8-15-12(9)13(16)17-2/h8,10H,3-7H2,1-2H3. The fourth-order valence-corrected chi connectivity index (χ4v) is 2.55. The molecule has 0 atom stereocenters. The van der Waals surface area contributed by atoms with E-state index in [1.54, 1.807) is 0 Å². The second-order valence-electron chi connectivity index (χ2n) is 4.56. The molecule has 0 saturated heterocycles. The van der Waals surface area contributed by atoms with Crippen LogP contribution in [0.4, 0.5) is 0 Å². The van der Waals surface area contributed by atoms with E-state index >= 15 is 0 Å². The predicted molar refractivity (Wildman–Crippen MR) is 63.9 cm³/mol. The smallest absolute Gasteiger partial charge is 0.357 e. The second kappa shape index (κ2) is 5.25. The van der Waals surface area contributed by atoms with Gasteiger partial charge in [-0.05, 0) is 19.8 Å². The van der Waals surface area contributed by atoms with E-state index in [0.29, 0.717) is 11.6 Å². The summed E-state index contributed by atoms with van der Waals surface area (Å²) >= 11 is 0. The first-order valence-electron chi connectivity index (χ1n) is 6.14. The Morgan fingerprint density at radius 3 is 2.65 bits per heavy atom. The molecular formula is C13H18N2O2. The Morgan fingerprint density at radius 2 is 2.00 bits per heavy atom. The van der Waals surface area contributed by atoms with Crippen LogP contribution in [-0.2, 0) is 4.74 Å². The van der Waals surface area contributed by atoms with Crippen molar-refractivity contribution >= 4 is 5.97 Å². The summed E-state index contributed by atoms with van der Waals surface area (Å²) in [5, 5.41) is 0. The van der Waals surface area contributed by atoms with E-state index in [4.69, 9.17) is 4.74 Å². The summed E-state index contributed by atoms with van der Waals surface area (Å²) in [5.74, 6) is 0.108. The van der Waals surface area contributed by atoms with Gasteiger partial charge in [-0.1, -0.05) is 19.3 Å². The summed E-state index contributed by atoms with van der Waals surface area (Å²) < 4.78 is 4.73. The van der Waals surface area contributed by atoms with E-state index < -0.39 is 0 Å². The van der Waals surface area contributed by atoms with Gasteiger partial charge in [-0.25, -0.2) is 14.8 Å². The Bertz CT molecular complexity index is 412. The average molecular weight is 234 g/mol. The van der Waals surface area contributed by atoms with E-state index in [9.17, 15) is 4.79 Å². The first-order chi connectivity index (χ1) is 8.24. The highest BCUT2D eigenvalue weighted by Gasteiger charge is 2.22. The molecule has 0 N–H and O–H groups in total. The minimum atomic E-state index is -0.373. The number of carbonyl (C=O) groups excluding carboxylic acids is 1. The molecule has 0 aromatic carbocycles. The quantitative estimate of drug-likeness (QED) is 0.738. The third kappa shape index (κ3) is 2.46. The minimum absolute atomic E-state index is 0.373. The summed E-state index contributed by atoms with van der Waals surface area (Å²) in [7, 11) is 1.38. The second-order valence-corrected chi connectivity index (χ2v) is 4.56. The Morgan fingerprint density at radius 1 is 1.29 bits per heavy atom. The molecule has 0 radical (unpaired) electrons. The van der Waals surface area contributed by atoms with Crippen LogP contribution in [0, 0.1) is 6.92 Å². The van der Waals surface area contributed by atoms with Crippen molar-refractivity contribution in [2.45, 2.75) is 44.9 Å². The van der Waals surface area contributed by atoms with Crippen LogP contribution in [-0.4, -0.2) is 23.0 Å². The molecule has 0 bridgehead atoms. The van der Waals surface area contributed by atoms with Crippen molar-refractivity contribution in [1.82, 2.24) is 9.97 Å². The van der Waals surface area contributed by atoms with E-state index in [1.807, 2.05) is 6.92 Å². The Labute approximate surface area is 101 Å². The zero-order valence-electron chi connectivity index (χ0n) is 10.4. The number of aromatic nitrogens is 2. The van der Waals surface area contributed by atoms with Crippen molar-refractivity contribution in [3.05, 3.63) is 23.3 Å². The third-order valence-corrected chi connectivity index (χ3v) is 3.49. The monoisotopic (exact) mass is 234 g/mol. The number of hydrogen-bond acceptors (Lipinski definition) is 4. The molecule has 0 amide bonds. The van der Waals surface area contributed by atoms with Gasteiger partial charge in [-0.2, -0.15) is 0 Å². The topological polar surface area (TPSA) is 52.1 Å². The van der Waals surface area contributed by atoms with Gasteiger partial charge in [0.05, 0.1) is 12.8 Å². The Kier molecular flexibility index (Phi) is 3.71. The van der Waals surface area contributed by atoms with Gasteiger partial charge in [0.15, 0.2) is 5.69 Å². The fourth-order valence-electron chi connectivity index (χ4n) is 2.55. The molecule has 1 heterocycles. The molecule has 1 aromatic rings. The van der Waals surface area contributed by atoms with Crippen molar-refractivity contribution in [2.75, 3.05) is 7.11 Å². The molecule has 1 aliphatic carbocycles. The van der Waals surface area contributed by atoms with Gasteiger partial charge in [-0.3, -0.25) is 0 Å². The summed E-state index contributed by atoms with van der Waals surface area (Å²) in [6, 6.07) is 0. The lowest BCUT2D eigenvalue weighted by Gasteiger charge is -2.22. The van der Waals surface area contributed by atoms with Crippen molar-refractivity contribution in [3.8, 4) is 0 Å². The molecule has 17 heavy (non-hydrogen) atoms. The van der Waals surface area contributed by atoms with Gasteiger partial charge < -0.3 is 4.74 Å².